The third kappa shape index (κ3) is 3.49. The zero-order chi connectivity index (χ0) is 27.9. The lowest BCUT2D eigenvalue weighted by Crippen LogP contribution is -2.41. The van der Waals surface area contributed by atoms with E-state index in [1.807, 2.05) is 73.8 Å². The third-order valence-corrected chi connectivity index (χ3v) is 8.70. The van der Waals surface area contributed by atoms with E-state index in [1.165, 1.54) is 0 Å². The SMILES string of the molecule is CC1(C)OB(c2cc(-n3c4ccncc4c4cnccc43)cc(-n3c4ccncc4c4cnccc43)c2)OC1(C)C. The zero-order valence-electron chi connectivity index (χ0n) is 23.2. The molecule has 6 aromatic heterocycles. The van der Waals surface area contributed by atoms with Crippen LogP contribution in [0.4, 0.5) is 0 Å². The molecule has 8 rings (SSSR count). The Balaban J connectivity index is 1.46. The van der Waals surface area contributed by atoms with Crippen LogP contribution >= 0.6 is 0 Å². The fraction of sp³-hybridized carbons (Fsp3) is 0.188. The van der Waals surface area contributed by atoms with Gasteiger partial charge in [-0.15, -0.1) is 0 Å². The molecular formula is C32H27BN6O2. The Morgan fingerprint density at radius 2 is 0.878 bits per heavy atom. The lowest BCUT2D eigenvalue weighted by atomic mass is 9.78. The Morgan fingerprint density at radius 3 is 1.22 bits per heavy atom. The van der Waals surface area contributed by atoms with E-state index in [-0.39, 0.29) is 0 Å². The highest BCUT2D eigenvalue weighted by Crippen LogP contribution is 2.38. The normalized spacial score (nSPS) is 16.4. The van der Waals surface area contributed by atoms with E-state index in [1.54, 1.807) is 0 Å². The maximum absolute atomic E-state index is 6.56. The van der Waals surface area contributed by atoms with Crippen LogP contribution in [0.3, 0.4) is 0 Å². The topological polar surface area (TPSA) is 79.9 Å². The second-order valence-corrected chi connectivity index (χ2v) is 11.6. The van der Waals surface area contributed by atoms with Gasteiger partial charge in [-0.05, 0) is 75.6 Å². The van der Waals surface area contributed by atoms with Gasteiger partial charge in [0.2, 0.25) is 0 Å². The van der Waals surface area contributed by atoms with Gasteiger partial charge in [-0.25, -0.2) is 0 Å². The maximum Gasteiger partial charge on any atom is 0.494 e. The van der Waals surface area contributed by atoms with Gasteiger partial charge in [0.05, 0.1) is 33.3 Å². The van der Waals surface area contributed by atoms with Crippen LogP contribution in [-0.2, 0) is 9.31 Å². The lowest BCUT2D eigenvalue weighted by molar-refractivity contribution is 0.00578. The molecule has 8 nitrogen and oxygen atoms in total. The van der Waals surface area contributed by atoms with Gasteiger partial charge in [-0.2, -0.15) is 0 Å². The van der Waals surface area contributed by atoms with Crippen molar-refractivity contribution >= 4 is 56.2 Å². The van der Waals surface area contributed by atoms with Crippen molar-refractivity contribution in [2.24, 2.45) is 0 Å². The van der Waals surface area contributed by atoms with Gasteiger partial charge in [0, 0.05) is 82.5 Å². The van der Waals surface area contributed by atoms with E-state index < -0.39 is 18.3 Å². The number of hydrogen-bond acceptors (Lipinski definition) is 6. The second kappa shape index (κ2) is 8.45. The Hall–Kier alpha value is -4.60. The first-order chi connectivity index (χ1) is 19.8. The number of hydrogen-bond donors (Lipinski definition) is 0. The molecule has 1 saturated heterocycles. The van der Waals surface area contributed by atoms with Crippen molar-refractivity contribution in [1.82, 2.24) is 29.1 Å². The first kappa shape index (κ1) is 24.2. The summed E-state index contributed by atoms with van der Waals surface area (Å²) in [4.78, 5) is 17.6. The van der Waals surface area contributed by atoms with Gasteiger partial charge >= 0.3 is 7.12 Å². The van der Waals surface area contributed by atoms with Crippen LogP contribution in [0, 0.1) is 0 Å². The molecule has 0 spiro atoms. The predicted molar refractivity (Wildman–Crippen MR) is 162 cm³/mol. The van der Waals surface area contributed by atoms with Crippen LogP contribution in [0.1, 0.15) is 27.7 Å². The van der Waals surface area contributed by atoms with Crippen molar-refractivity contribution in [1.29, 1.82) is 0 Å². The third-order valence-electron chi connectivity index (χ3n) is 8.70. The van der Waals surface area contributed by atoms with Crippen molar-refractivity contribution in [2.45, 2.75) is 38.9 Å². The van der Waals surface area contributed by atoms with E-state index in [0.29, 0.717) is 0 Å². The zero-order valence-corrected chi connectivity index (χ0v) is 23.2. The second-order valence-electron chi connectivity index (χ2n) is 11.6. The van der Waals surface area contributed by atoms with Gasteiger partial charge in [-0.3, -0.25) is 19.9 Å². The van der Waals surface area contributed by atoms with Gasteiger partial charge in [0.25, 0.3) is 0 Å². The van der Waals surface area contributed by atoms with Crippen LogP contribution in [0.2, 0.25) is 0 Å². The van der Waals surface area contributed by atoms with E-state index >= 15 is 0 Å². The van der Waals surface area contributed by atoms with Crippen molar-refractivity contribution in [3.63, 3.8) is 0 Å². The molecule has 7 heterocycles. The molecule has 0 N–H and O–H groups in total. The molecule has 0 aliphatic carbocycles. The highest BCUT2D eigenvalue weighted by molar-refractivity contribution is 6.62. The summed E-state index contributed by atoms with van der Waals surface area (Å²) in [5.74, 6) is 0. The fourth-order valence-corrected chi connectivity index (χ4v) is 5.97. The molecule has 1 fully saturated rings. The number of fused-ring (bicyclic) bond motifs is 6. The quantitative estimate of drug-likeness (QED) is 0.266. The van der Waals surface area contributed by atoms with Crippen LogP contribution in [0.5, 0.6) is 0 Å². The minimum atomic E-state index is -0.536. The molecule has 9 heteroatoms. The smallest absolute Gasteiger partial charge is 0.399 e. The summed E-state index contributed by atoms with van der Waals surface area (Å²) in [5.41, 5.74) is 6.18. The summed E-state index contributed by atoms with van der Waals surface area (Å²) >= 11 is 0. The van der Waals surface area contributed by atoms with Crippen molar-refractivity contribution < 1.29 is 9.31 Å². The van der Waals surface area contributed by atoms with E-state index in [0.717, 1.165) is 60.4 Å². The van der Waals surface area contributed by atoms with Crippen LogP contribution < -0.4 is 5.46 Å². The molecule has 0 atom stereocenters. The highest BCUT2D eigenvalue weighted by Gasteiger charge is 2.51. The Labute approximate surface area is 236 Å². The molecule has 41 heavy (non-hydrogen) atoms. The van der Waals surface area contributed by atoms with Gasteiger partial charge < -0.3 is 18.4 Å². The molecular weight excluding hydrogens is 511 g/mol. The highest BCUT2D eigenvalue weighted by atomic mass is 16.7. The minimum absolute atomic E-state index is 0.470. The maximum atomic E-state index is 6.56. The molecule has 200 valence electrons. The van der Waals surface area contributed by atoms with E-state index in [2.05, 4.69) is 75.0 Å². The molecule has 1 aromatic carbocycles. The molecule has 0 unspecified atom stereocenters. The van der Waals surface area contributed by atoms with Gasteiger partial charge in [-0.1, -0.05) is 0 Å². The molecule has 0 amide bonds. The number of pyridine rings is 4. The summed E-state index contributed by atoms with van der Waals surface area (Å²) in [6.45, 7) is 8.32. The minimum Gasteiger partial charge on any atom is -0.399 e. The van der Waals surface area contributed by atoms with E-state index in [4.69, 9.17) is 9.31 Å². The molecule has 0 saturated carbocycles. The van der Waals surface area contributed by atoms with Crippen molar-refractivity contribution in [3.05, 3.63) is 92.0 Å². The Bertz CT molecular complexity index is 1890. The fourth-order valence-electron chi connectivity index (χ4n) is 5.97. The van der Waals surface area contributed by atoms with Crippen LogP contribution in [-0.4, -0.2) is 47.4 Å². The summed E-state index contributed by atoms with van der Waals surface area (Å²) in [7, 11) is -0.536. The number of rotatable bonds is 3. The van der Waals surface area contributed by atoms with Crippen molar-refractivity contribution in [2.75, 3.05) is 0 Å². The molecule has 1 aliphatic heterocycles. The first-order valence-electron chi connectivity index (χ1n) is 13.7. The Kier molecular flexibility index (Phi) is 4.99. The predicted octanol–water partition coefficient (Wildman–Crippen LogP) is 5.76. The average molecular weight is 538 g/mol. The number of aromatic nitrogens is 6. The first-order valence-corrected chi connectivity index (χ1v) is 13.7. The van der Waals surface area contributed by atoms with Crippen molar-refractivity contribution in [3.8, 4) is 11.4 Å². The van der Waals surface area contributed by atoms with Gasteiger partial charge in [0.1, 0.15) is 0 Å². The molecule has 0 bridgehead atoms. The van der Waals surface area contributed by atoms with Crippen LogP contribution in [0.15, 0.2) is 92.0 Å². The largest absolute Gasteiger partial charge is 0.494 e. The molecule has 7 aromatic rings. The summed E-state index contributed by atoms with van der Waals surface area (Å²) in [5, 5.41) is 4.19. The summed E-state index contributed by atoms with van der Waals surface area (Å²) in [6, 6.07) is 14.8. The molecule has 0 radical (unpaired) electrons. The van der Waals surface area contributed by atoms with Gasteiger partial charge in [0.15, 0.2) is 0 Å². The average Bonchev–Trinajstić information content (AvgIpc) is 3.57. The van der Waals surface area contributed by atoms with E-state index in [9.17, 15) is 0 Å². The van der Waals surface area contributed by atoms with Crippen LogP contribution in [0.25, 0.3) is 55.0 Å². The number of benzene rings is 1. The summed E-state index contributed by atoms with van der Waals surface area (Å²) < 4.78 is 17.7. The standard InChI is InChI=1S/C32H27BN6O2/c1-31(2)32(3,4)41-33(40-31)20-13-21(38-27-5-9-34-16-23(27)24-17-35-10-6-28(24)38)15-22(14-20)39-29-7-11-36-18-25(29)26-19-37-12-8-30(26)39/h5-19H,1-4H3. The Morgan fingerprint density at radius 1 is 0.537 bits per heavy atom. The summed E-state index contributed by atoms with van der Waals surface area (Å²) in [6.07, 6.45) is 14.9. The monoisotopic (exact) mass is 538 g/mol. The lowest BCUT2D eigenvalue weighted by Gasteiger charge is -2.32. The number of nitrogens with zero attached hydrogens (tertiary/aromatic N) is 6. The molecule has 1 aliphatic rings.